The molecular formula is C12H8BrClFNO5. The molecule has 21 heavy (non-hydrogen) atoms. The van der Waals surface area contributed by atoms with Gasteiger partial charge in [-0.15, -0.1) is 0 Å². The summed E-state index contributed by atoms with van der Waals surface area (Å²) in [5.74, 6) is -5.34. The summed E-state index contributed by atoms with van der Waals surface area (Å²) in [4.78, 5) is 34.9. The molecule has 112 valence electrons. The van der Waals surface area contributed by atoms with Gasteiger partial charge in [0.25, 0.3) is 0 Å². The molecule has 2 rings (SSSR count). The predicted octanol–water partition coefficient (Wildman–Crippen LogP) is 2.38. The number of benzene rings is 1. The van der Waals surface area contributed by atoms with Gasteiger partial charge in [0.15, 0.2) is 5.82 Å². The van der Waals surface area contributed by atoms with Crippen molar-refractivity contribution in [3.8, 4) is 0 Å². The molecule has 6 nitrogen and oxygen atoms in total. The smallest absolute Gasteiger partial charge is 0.337 e. The van der Waals surface area contributed by atoms with Gasteiger partial charge in [-0.1, -0.05) is 11.6 Å². The standard InChI is InChI=1S/C12H8BrClFNO5/c13-8-6(14)2-5(12(20)21)10(9(8)15)16-3-4(11(18)19)1-7(16)17/h2,4H,1,3H2,(H,18,19)(H,20,21). The summed E-state index contributed by atoms with van der Waals surface area (Å²) in [7, 11) is 0. The van der Waals surface area contributed by atoms with Gasteiger partial charge in [0.1, 0.15) is 0 Å². The van der Waals surface area contributed by atoms with Crippen molar-refractivity contribution in [2.24, 2.45) is 5.92 Å². The van der Waals surface area contributed by atoms with Crippen LogP contribution in [0.2, 0.25) is 5.02 Å². The van der Waals surface area contributed by atoms with E-state index in [0.717, 1.165) is 11.0 Å². The largest absolute Gasteiger partial charge is 0.481 e. The molecular weight excluding hydrogens is 372 g/mol. The molecule has 1 heterocycles. The van der Waals surface area contributed by atoms with Crippen LogP contribution in [-0.4, -0.2) is 34.6 Å². The number of aliphatic carboxylic acids is 1. The number of hydrogen-bond donors (Lipinski definition) is 2. The first kappa shape index (κ1) is 15.7. The summed E-state index contributed by atoms with van der Waals surface area (Å²) < 4.78 is 14.1. The summed E-state index contributed by atoms with van der Waals surface area (Å²) in [5, 5.41) is 17.9. The molecule has 0 spiro atoms. The highest BCUT2D eigenvalue weighted by Gasteiger charge is 2.38. The monoisotopic (exact) mass is 379 g/mol. The van der Waals surface area contributed by atoms with Gasteiger partial charge in [-0.25, -0.2) is 9.18 Å². The highest BCUT2D eigenvalue weighted by Crippen LogP contribution is 2.38. The maximum Gasteiger partial charge on any atom is 0.337 e. The minimum atomic E-state index is -1.47. The minimum Gasteiger partial charge on any atom is -0.481 e. The van der Waals surface area contributed by atoms with Crippen LogP contribution in [0.3, 0.4) is 0 Å². The molecule has 0 aliphatic carbocycles. The summed E-state index contributed by atoms with van der Waals surface area (Å²) in [6.45, 7) is -0.292. The molecule has 0 aromatic heterocycles. The van der Waals surface area contributed by atoms with E-state index < -0.39 is 40.8 Å². The van der Waals surface area contributed by atoms with Gasteiger partial charge >= 0.3 is 11.9 Å². The second-order valence-corrected chi connectivity index (χ2v) is 5.63. The van der Waals surface area contributed by atoms with Crippen LogP contribution in [0.4, 0.5) is 10.1 Å². The van der Waals surface area contributed by atoms with Gasteiger partial charge < -0.3 is 15.1 Å². The zero-order valence-corrected chi connectivity index (χ0v) is 12.6. The molecule has 0 saturated carbocycles. The van der Waals surface area contributed by atoms with Crippen LogP contribution >= 0.6 is 27.5 Å². The predicted molar refractivity (Wildman–Crippen MR) is 74.2 cm³/mol. The van der Waals surface area contributed by atoms with Crippen molar-refractivity contribution in [3.05, 3.63) is 26.9 Å². The van der Waals surface area contributed by atoms with Crippen molar-refractivity contribution in [2.45, 2.75) is 6.42 Å². The zero-order chi connectivity index (χ0) is 15.9. The van der Waals surface area contributed by atoms with E-state index in [1.807, 2.05) is 0 Å². The van der Waals surface area contributed by atoms with Crippen molar-refractivity contribution in [1.29, 1.82) is 0 Å². The average molecular weight is 381 g/mol. The second kappa shape index (κ2) is 5.61. The molecule has 0 bridgehead atoms. The molecule has 1 amide bonds. The molecule has 1 fully saturated rings. The van der Waals surface area contributed by atoms with E-state index in [0.29, 0.717) is 0 Å². The average Bonchev–Trinajstić information content (AvgIpc) is 2.77. The number of anilines is 1. The Bertz CT molecular complexity index is 666. The maximum atomic E-state index is 14.3. The van der Waals surface area contributed by atoms with Crippen molar-refractivity contribution in [1.82, 2.24) is 0 Å². The Morgan fingerprint density at radius 2 is 2.05 bits per heavy atom. The lowest BCUT2D eigenvalue weighted by molar-refractivity contribution is -0.141. The number of carboxylic acids is 2. The summed E-state index contributed by atoms with van der Waals surface area (Å²) in [6.07, 6.45) is -0.311. The Labute approximate surface area is 131 Å². The molecule has 9 heteroatoms. The zero-order valence-electron chi connectivity index (χ0n) is 10.3. The van der Waals surface area contributed by atoms with Crippen molar-refractivity contribution < 1.29 is 29.0 Å². The Kier molecular flexibility index (Phi) is 4.20. The Morgan fingerprint density at radius 3 is 2.52 bits per heavy atom. The topological polar surface area (TPSA) is 94.9 Å². The van der Waals surface area contributed by atoms with Crippen LogP contribution in [0, 0.1) is 11.7 Å². The van der Waals surface area contributed by atoms with E-state index in [2.05, 4.69) is 15.9 Å². The first-order valence-electron chi connectivity index (χ1n) is 5.68. The van der Waals surface area contributed by atoms with E-state index in [9.17, 15) is 18.8 Å². The third-order valence-corrected chi connectivity index (χ3v) is 4.41. The minimum absolute atomic E-state index is 0.157. The first-order valence-corrected chi connectivity index (χ1v) is 6.85. The molecule has 1 aliphatic rings. The normalized spacial score (nSPS) is 18.1. The molecule has 0 radical (unpaired) electrons. The fourth-order valence-electron chi connectivity index (χ4n) is 2.10. The van der Waals surface area contributed by atoms with Crippen LogP contribution in [0.1, 0.15) is 16.8 Å². The van der Waals surface area contributed by atoms with Crippen LogP contribution in [0.25, 0.3) is 0 Å². The molecule has 1 atom stereocenters. The summed E-state index contributed by atoms with van der Waals surface area (Å²) >= 11 is 8.58. The lowest BCUT2D eigenvalue weighted by Crippen LogP contribution is -2.29. The summed E-state index contributed by atoms with van der Waals surface area (Å²) in [6, 6.07) is 1.01. The van der Waals surface area contributed by atoms with Gasteiger partial charge in [0, 0.05) is 13.0 Å². The first-order chi connectivity index (χ1) is 9.73. The number of halogens is 3. The van der Waals surface area contributed by atoms with Gasteiger partial charge in [0.05, 0.1) is 26.7 Å². The molecule has 1 aromatic carbocycles. The Hall–Kier alpha value is -1.67. The Morgan fingerprint density at radius 1 is 1.43 bits per heavy atom. The van der Waals surface area contributed by atoms with Crippen LogP contribution in [0.5, 0.6) is 0 Å². The van der Waals surface area contributed by atoms with Crippen LogP contribution in [-0.2, 0) is 9.59 Å². The lowest BCUT2D eigenvalue weighted by atomic mass is 10.1. The van der Waals surface area contributed by atoms with Crippen LogP contribution in [0.15, 0.2) is 10.5 Å². The van der Waals surface area contributed by atoms with E-state index in [1.165, 1.54) is 0 Å². The number of aromatic carboxylic acids is 1. The lowest BCUT2D eigenvalue weighted by Gasteiger charge is -2.20. The van der Waals surface area contributed by atoms with Gasteiger partial charge in [-0.05, 0) is 22.0 Å². The molecule has 1 aliphatic heterocycles. The van der Waals surface area contributed by atoms with Crippen molar-refractivity contribution >= 4 is 51.1 Å². The van der Waals surface area contributed by atoms with E-state index in [1.54, 1.807) is 0 Å². The Balaban J connectivity index is 2.58. The fourth-order valence-corrected chi connectivity index (χ4v) is 2.60. The molecule has 1 unspecified atom stereocenters. The maximum absolute atomic E-state index is 14.3. The SMILES string of the molecule is O=C(O)c1cc(Cl)c(Br)c(F)c1N1CC(C(=O)O)CC1=O. The highest BCUT2D eigenvalue weighted by molar-refractivity contribution is 9.10. The third kappa shape index (κ3) is 2.73. The number of nitrogens with zero attached hydrogens (tertiary/aromatic N) is 1. The number of amides is 1. The summed E-state index contributed by atoms with van der Waals surface area (Å²) in [5.41, 5.74) is -0.979. The quantitative estimate of drug-likeness (QED) is 0.785. The van der Waals surface area contributed by atoms with Gasteiger partial charge in [0.2, 0.25) is 5.91 Å². The van der Waals surface area contributed by atoms with E-state index >= 15 is 0 Å². The van der Waals surface area contributed by atoms with Crippen molar-refractivity contribution in [2.75, 3.05) is 11.4 Å². The number of carbonyl (C=O) groups is 3. The van der Waals surface area contributed by atoms with Crippen molar-refractivity contribution in [3.63, 3.8) is 0 Å². The van der Waals surface area contributed by atoms with E-state index in [4.69, 9.17) is 21.8 Å². The van der Waals surface area contributed by atoms with Crippen LogP contribution < -0.4 is 4.90 Å². The fraction of sp³-hybridized carbons (Fsp3) is 0.250. The molecule has 1 aromatic rings. The molecule has 2 N–H and O–H groups in total. The number of carbonyl (C=O) groups excluding carboxylic acids is 1. The third-order valence-electron chi connectivity index (χ3n) is 3.11. The number of carboxylic acid groups (broad SMARTS) is 2. The number of hydrogen-bond acceptors (Lipinski definition) is 3. The van der Waals surface area contributed by atoms with Gasteiger partial charge in [-0.2, -0.15) is 0 Å². The second-order valence-electron chi connectivity index (χ2n) is 4.43. The number of rotatable bonds is 3. The highest BCUT2D eigenvalue weighted by atomic mass is 79.9. The van der Waals surface area contributed by atoms with Gasteiger partial charge in [-0.3, -0.25) is 9.59 Å². The molecule has 1 saturated heterocycles. The van der Waals surface area contributed by atoms with E-state index in [-0.39, 0.29) is 22.5 Å².